The van der Waals surface area contributed by atoms with Crippen LogP contribution in [0.25, 0.3) is 10.6 Å². The molecule has 0 bridgehead atoms. The van der Waals surface area contributed by atoms with Crippen molar-refractivity contribution in [3.05, 3.63) is 39.5 Å². The van der Waals surface area contributed by atoms with Crippen molar-refractivity contribution in [1.29, 1.82) is 0 Å². The third kappa shape index (κ3) is 3.22. The van der Waals surface area contributed by atoms with E-state index in [-0.39, 0.29) is 0 Å². The van der Waals surface area contributed by atoms with Crippen molar-refractivity contribution in [2.45, 2.75) is 38.4 Å². The standard InChI is InChI=1S/C18H22N6S2/c1-5-23(10-15-12-26-18(20-15)14-3-8-25-11-14)6-2-13(1)17-22-21-16-9-19-4-7-24(16)17/h3,8,11-13,19H,1-2,4-7,9-10H2. The van der Waals surface area contributed by atoms with E-state index in [1.54, 1.807) is 22.7 Å². The van der Waals surface area contributed by atoms with Gasteiger partial charge in [-0.05, 0) is 37.4 Å². The van der Waals surface area contributed by atoms with Crippen LogP contribution in [0.2, 0.25) is 0 Å². The molecule has 2 aliphatic heterocycles. The van der Waals surface area contributed by atoms with Gasteiger partial charge in [0.15, 0.2) is 0 Å². The van der Waals surface area contributed by atoms with E-state index in [1.807, 2.05) is 0 Å². The van der Waals surface area contributed by atoms with Gasteiger partial charge >= 0.3 is 0 Å². The fourth-order valence-corrected chi connectivity index (χ4v) is 5.42. The summed E-state index contributed by atoms with van der Waals surface area (Å²) in [5.41, 5.74) is 2.44. The SMILES string of the molecule is c1cc(-c2nc(CN3CCC(c4nnc5n4CCNC5)CC3)cs2)cs1. The molecule has 8 heteroatoms. The van der Waals surface area contributed by atoms with Crippen LogP contribution >= 0.6 is 22.7 Å². The minimum absolute atomic E-state index is 0.544. The average Bonchev–Trinajstić information content (AvgIpc) is 3.43. The average molecular weight is 387 g/mol. The van der Waals surface area contributed by atoms with Crippen molar-refractivity contribution in [3.8, 4) is 10.6 Å². The van der Waals surface area contributed by atoms with Crippen molar-refractivity contribution in [2.75, 3.05) is 19.6 Å². The molecule has 3 aromatic rings. The molecule has 1 N–H and O–H groups in total. The van der Waals surface area contributed by atoms with Gasteiger partial charge in [-0.2, -0.15) is 11.3 Å². The van der Waals surface area contributed by atoms with Crippen molar-refractivity contribution in [3.63, 3.8) is 0 Å². The molecule has 26 heavy (non-hydrogen) atoms. The first-order valence-electron chi connectivity index (χ1n) is 9.19. The summed E-state index contributed by atoms with van der Waals surface area (Å²) in [5, 5.41) is 19.9. The van der Waals surface area contributed by atoms with Gasteiger partial charge in [0.05, 0.1) is 12.2 Å². The summed E-state index contributed by atoms with van der Waals surface area (Å²) in [6.07, 6.45) is 2.32. The normalized spacial score (nSPS) is 18.9. The lowest BCUT2D eigenvalue weighted by atomic mass is 9.95. The van der Waals surface area contributed by atoms with Crippen LogP contribution in [-0.2, 0) is 19.6 Å². The van der Waals surface area contributed by atoms with Gasteiger partial charge in [0.2, 0.25) is 0 Å². The third-order valence-corrected chi connectivity index (χ3v) is 6.93. The van der Waals surface area contributed by atoms with Crippen molar-refractivity contribution >= 4 is 22.7 Å². The van der Waals surface area contributed by atoms with Gasteiger partial charge in [0.1, 0.15) is 16.7 Å². The van der Waals surface area contributed by atoms with Crippen LogP contribution in [0.15, 0.2) is 22.2 Å². The van der Waals surface area contributed by atoms with E-state index in [0.29, 0.717) is 5.92 Å². The molecule has 0 unspecified atom stereocenters. The summed E-state index contributed by atoms with van der Waals surface area (Å²) in [4.78, 5) is 7.35. The molecular weight excluding hydrogens is 364 g/mol. The van der Waals surface area contributed by atoms with Crippen molar-refractivity contribution in [1.82, 2.24) is 30.0 Å². The van der Waals surface area contributed by atoms with E-state index >= 15 is 0 Å². The number of rotatable bonds is 4. The molecule has 3 aromatic heterocycles. The van der Waals surface area contributed by atoms with Crippen LogP contribution in [-0.4, -0.2) is 44.3 Å². The second-order valence-electron chi connectivity index (χ2n) is 7.01. The van der Waals surface area contributed by atoms with E-state index in [0.717, 1.165) is 62.9 Å². The number of hydrogen-bond donors (Lipinski definition) is 1. The molecule has 0 radical (unpaired) electrons. The highest BCUT2D eigenvalue weighted by atomic mass is 32.1. The van der Waals surface area contributed by atoms with Gasteiger partial charge in [0.25, 0.3) is 0 Å². The monoisotopic (exact) mass is 386 g/mol. The first-order chi connectivity index (χ1) is 12.9. The summed E-state index contributed by atoms with van der Waals surface area (Å²) in [7, 11) is 0. The molecule has 136 valence electrons. The second kappa shape index (κ2) is 7.19. The third-order valence-electron chi connectivity index (χ3n) is 5.31. The topological polar surface area (TPSA) is 58.9 Å². The molecule has 1 fully saturated rings. The highest BCUT2D eigenvalue weighted by Gasteiger charge is 2.27. The molecule has 2 aliphatic rings. The summed E-state index contributed by atoms with van der Waals surface area (Å²) in [5.74, 6) is 2.84. The van der Waals surface area contributed by atoms with Gasteiger partial charge in [-0.25, -0.2) is 4.98 Å². The van der Waals surface area contributed by atoms with Crippen LogP contribution in [0.3, 0.4) is 0 Å². The van der Waals surface area contributed by atoms with Crippen LogP contribution in [0.4, 0.5) is 0 Å². The number of likely N-dealkylation sites (tertiary alicyclic amines) is 1. The van der Waals surface area contributed by atoms with Crippen LogP contribution in [0, 0.1) is 0 Å². The second-order valence-corrected chi connectivity index (χ2v) is 8.65. The maximum absolute atomic E-state index is 4.82. The number of piperidine rings is 1. The fourth-order valence-electron chi connectivity index (χ4n) is 3.89. The molecular formula is C18H22N6S2. The van der Waals surface area contributed by atoms with Crippen molar-refractivity contribution < 1.29 is 0 Å². The van der Waals surface area contributed by atoms with Gasteiger partial charge < -0.3 is 9.88 Å². The highest BCUT2D eigenvalue weighted by Crippen LogP contribution is 2.30. The molecule has 6 nitrogen and oxygen atoms in total. The Balaban J connectivity index is 1.20. The Hall–Kier alpha value is -1.61. The molecule has 1 saturated heterocycles. The van der Waals surface area contributed by atoms with E-state index in [4.69, 9.17) is 4.98 Å². The zero-order valence-corrected chi connectivity index (χ0v) is 16.2. The van der Waals surface area contributed by atoms with Gasteiger partial charge in [-0.1, -0.05) is 0 Å². The lowest BCUT2D eigenvalue weighted by Gasteiger charge is -2.31. The number of hydrogen-bond acceptors (Lipinski definition) is 7. The smallest absolute Gasteiger partial charge is 0.147 e. The van der Waals surface area contributed by atoms with Gasteiger partial charge in [-0.3, -0.25) is 4.90 Å². The Labute approximate surface area is 160 Å². The Morgan fingerprint density at radius 2 is 2.08 bits per heavy atom. The number of fused-ring (bicyclic) bond motifs is 1. The molecule has 0 atom stereocenters. The van der Waals surface area contributed by atoms with Gasteiger partial charge in [0, 0.05) is 41.9 Å². The molecule has 0 amide bonds. The zero-order valence-electron chi connectivity index (χ0n) is 14.6. The van der Waals surface area contributed by atoms with Crippen LogP contribution < -0.4 is 5.32 Å². The van der Waals surface area contributed by atoms with E-state index in [9.17, 15) is 0 Å². The predicted octanol–water partition coefficient (Wildman–Crippen LogP) is 2.95. The first-order valence-corrected chi connectivity index (χ1v) is 11.0. The van der Waals surface area contributed by atoms with Crippen LogP contribution in [0.1, 0.15) is 36.1 Å². The largest absolute Gasteiger partial charge is 0.312 e. The van der Waals surface area contributed by atoms with E-state index in [1.165, 1.54) is 17.1 Å². The summed E-state index contributed by atoms with van der Waals surface area (Å²) in [6.45, 7) is 6.04. The molecule has 5 rings (SSSR count). The minimum atomic E-state index is 0.544. The van der Waals surface area contributed by atoms with Crippen LogP contribution in [0.5, 0.6) is 0 Å². The maximum atomic E-state index is 4.82. The highest BCUT2D eigenvalue weighted by molar-refractivity contribution is 7.14. The molecule has 0 aliphatic carbocycles. The van der Waals surface area contributed by atoms with E-state index in [2.05, 4.69) is 47.2 Å². The Kier molecular flexibility index (Phi) is 4.58. The Morgan fingerprint density at radius 3 is 2.92 bits per heavy atom. The first kappa shape index (κ1) is 16.6. The van der Waals surface area contributed by atoms with Crippen molar-refractivity contribution in [2.24, 2.45) is 0 Å². The summed E-state index contributed by atoms with van der Waals surface area (Å²) >= 11 is 3.48. The number of aromatic nitrogens is 4. The molecule has 0 saturated carbocycles. The Morgan fingerprint density at radius 1 is 1.15 bits per heavy atom. The van der Waals surface area contributed by atoms with E-state index < -0.39 is 0 Å². The summed E-state index contributed by atoms with van der Waals surface area (Å²) < 4.78 is 2.34. The molecule has 0 aromatic carbocycles. The zero-order chi connectivity index (χ0) is 17.3. The molecule has 5 heterocycles. The quantitative estimate of drug-likeness (QED) is 0.747. The number of thiophene rings is 1. The fraction of sp³-hybridized carbons (Fsp3) is 0.500. The number of thiazole rings is 1. The maximum Gasteiger partial charge on any atom is 0.147 e. The molecule has 0 spiro atoms. The Bertz CT molecular complexity index is 860. The lowest BCUT2D eigenvalue weighted by molar-refractivity contribution is 0.198. The summed E-state index contributed by atoms with van der Waals surface area (Å²) in [6, 6.07) is 2.15. The minimum Gasteiger partial charge on any atom is -0.312 e. The lowest BCUT2D eigenvalue weighted by Crippen LogP contribution is -2.34. The number of nitrogens with one attached hydrogen (secondary N) is 1. The number of nitrogens with zero attached hydrogens (tertiary/aromatic N) is 5. The predicted molar refractivity (Wildman–Crippen MR) is 104 cm³/mol. The van der Waals surface area contributed by atoms with Gasteiger partial charge in [-0.15, -0.1) is 21.5 Å².